The van der Waals surface area contributed by atoms with Gasteiger partial charge in [0.25, 0.3) is 0 Å². The van der Waals surface area contributed by atoms with Crippen LogP contribution in [0.1, 0.15) is 36.5 Å². The number of hydrogen-bond acceptors (Lipinski definition) is 1. The summed E-state index contributed by atoms with van der Waals surface area (Å²) in [6, 6.07) is 12.2. The van der Waals surface area contributed by atoms with Crippen molar-refractivity contribution < 1.29 is 4.74 Å². The van der Waals surface area contributed by atoms with Crippen molar-refractivity contribution >= 4 is 27.5 Å². The molecule has 1 nitrogen and oxygen atoms in total. The molecule has 106 valence electrons. The van der Waals surface area contributed by atoms with Gasteiger partial charge in [0.15, 0.2) is 0 Å². The average molecular weight is 354 g/mol. The summed E-state index contributed by atoms with van der Waals surface area (Å²) < 4.78 is 7.19. The van der Waals surface area contributed by atoms with E-state index in [9.17, 15) is 0 Å². The fraction of sp³-hybridized carbons (Fsp3) is 0.294. The Morgan fingerprint density at radius 2 is 1.85 bits per heavy atom. The minimum atomic E-state index is 0.402. The van der Waals surface area contributed by atoms with Crippen molar-refractivity contribution in [3.05, 3.63) is 57.6 Å². The predicted molar refractivity (Wildman–Crippen MR) is 89.0 cm³/mol. The Labute approximate surface area is 134 Å². The van der Waals surface area contributed by atoms with Crippen LogP contribution in [0.3, 0.4) is 0 Å². The molecule has 0 saturated heterocycles. The summed E-state index contributed by atoms with van der Waals surface area (Å²) in [5.74, 6) is 2.66. The Morgan fingerprint density at radius 1 is 1.10 bits per heavy atom. The maximum atomic E-state index is 6.12. The summed E-state index contributed by atoms with van der Waals surface area (Å²) in [5.41, 5.74) is 3.36. The van der Waals surface area contributed by atoms with Gasteiger partial charge in [-0.05, 0) is 53.8 Å². The fourth-order valence-corrected chi connectivity index (χ4v) is 2.56. The Balaban J connectivity index is 2.39. The molecule has 0 aliphatic carbocycles. The number of ether oxygens (including phenoxy) is 1. The van der Waals surface area contributed by atoms with Crippen LogP contribution in [-0.2, 0) is 5.88 Å². The molecule has 0 aliphatic rings. The molecule has 0 spiro atoms. The second-order valence-electron chi connectivity index (χ2n) is 5.17. The monoisotopic (exact) mass is 352 g/mol. The first-order valence-electron chi connectivity index (χ1n) is 6.64. The van der Waals surface area contributed by atoms with Gasteiger partial charge in [0.05, 0.1) is 0 Å². The minimum absolute atomic E-state index is 0.402. The van der Waals surface area contributed by atoms with Crippen molar-refractivity contribution in [1.82, 2.24) is 0 Å². The van der Waals surface area contributed by atoms with E-state index in [0.717, 1.165) is 27.1 Å². The van der Waals surface area contributed by atoms with E-state index in [0.29, 0.717) is 11.8 Å². The standard InChI is InChI=1S/C17H18BrClO/c1-11(2)15-9-14(18)6-7-16(15)20-17-8-13(10-19)5-4-12(17)3/h4-9,11H,10H2,1-3H3. The fourth-order valence-electron chi connectivity index (χ4n) is 2.02. The van der Waals surface area contributed by atoms with E-state index in [2.05, 4.69) is 35.8 Å². The Hall–Kier alpha value is -0.990. The van der Waals surface area contributed by atoms with Gasteiger partial charge in [0.2, 0.25) is 0 Å². The normalized spacial score (nSPS) is 10.9. The lowest BCUT2D eigenvalue weighted by Crippen LogP contribution is -1.96. The lowest BCUT2D eigenvalue weighted by molar-refractivity contribution is 0.469. The number of alkyl halides is 1. The summed E-state index contributed by atoms with van der Waals surface area (Å²) in [7, 11) is 0. The SMILES string of the molecule is Cc1ccc(CCl)cc1Oc1ccc(Br)cc1C(C)C. The lowest BCUT2D eigenvalue weighted by Gasteiger charge is -2.16. The van der Waals surface area contributed by atoms with E-state index in [1.54, 1.807) is 0 Å². The maximum Gasteiger partial charge on any atom is 0.130 e. The summed E-state index contributed by atoms with van der Waals surface area (Å²) in [5, 5.41) is 0. The zero-order valence-electron chi connectivity index (χ0n) is 11.9. The lowest BCUT2D eigenvalue weighted by atomic mass is 10.0. The Bertz CT molecular complexity index is 608. The zero-order chi connectivity index (χ0) is 14.7. The van der Waals surface area contributed by atoms with E-state index < -0.39 is 0 Å². The van der Waals surface area contributed by atoms with Crippen molar-refractivity contribution in [2.75, 3.05) is 0 Å². The summed E-state index contributed by atoms with van der Waals surface area (Å²) in [6.07, 6.45) is 0. The van der Waals surface area contributed by atoms with Gasteiger partial charge in [-0.3, -0.25) is 0 Å². The largest absolute Gasteiger partial charge is 0.457 e. The Kier molecular flexibility index (Phi) is 5.11. The maximum absolute atomic E-state index is 6.12. The van der Waals surface area contributed by atoms with E-state index in [1.807, 2.05) is 37.3 Å². The molecule has 0 radical (unpaired) electrons. The molecule has 2 aromatic carbocycles. The molecule has 0 fully saturated rings. The smallest absolute Gasteiger partial charge is 0.130 e. The van der Waals surface area contributed by atoms with Crippen LogP contribution in [-0.4, -0.2) is 0 Å². The first-order chi connectivity index (χ1) is 9.51. The predicted octanol–water partition coefficient (Wildman–Crippen LogP) is 6.41. The number of benzene rings is 2. The molecule has 0 N–H and O–H groups in total. The highest BCUT2D eigenvalue weighted by Crippen LogP contribution is 2.34. The highest BCUT2D eigenvalue weighted by Gasteiger charge is 2.11. The van der Waals surface area contributed by atoms with E-state index in [4.69, 9.17) is 16.3 Å². The molecule has 0 aliphatic heterocycles. The first kappa shape index (κ1) is 15.4. The molecular weight excluding hydrogens is 336 g/mol. The minimum Gasteiger partial charge on any atom is -0.457 e. The van der Waals surface area contributed by atoms with Crippen molar-refractivity contribution in [3.8, 4) is 11.5 Å². The van der Waals surface area contributed by atoms with Crippen LogP contribution in [0.2, 0.25) is 0 Å². The number of aryl methyl sites for hydroxylation is 1. The van der Waals surface area contributed by atoms with Gasteiger partial charge in [-0.15, -0.1) is 11.6 Å². The summed E-state index contributed by atoms with van der Waals surface area (Å²) >= 11 is 9.41. The first-order valence-corrected chi connectivity index (χ1v) is 7.97. The van der Waals surface area contributed by atoms with Gasteiger partial charge >= 0.3 is 0 Å². The van der Waals surface area contributed by atoms with Gasteiger partial charge in [-0.1, -0.05) is 41.9 Å². The Morgan fingerprint density at radius 3 is 2.50 bits per heavy atom. The highest BCUT2D eigenvalue weighted by atomic mass is 79.9. The van der Waals surface area contributed by atoms with Crippen molar-refractivity contribution in [2.45, 2.75) is 32.6 Å². The number of halogens is 2. The highest BCUT2D eigenvalue weighted by molar-refractivity contribution is 9.10. The van der Waals surface area contributed by atoms with Gasteiger partial charge < -0.3 is 4.74 Å². The van der Waals surface area contributed by atoms with Crippen LogP contribution in [0.5, 0.6) is 11.5 Å². The molecule has 0 bridgehead atoms. The molecule has 0 unspecified atom stereocenters. The molecule has 2 rings (SSSR count). The molecule has 20 heavy (non-hydrogen) atoms. The van der Waals surface area contributed by atoms with Crippen LogP contribution in [0.15, 0.2) is 40.9 Å². The van der Waals surface area contributed by atoms with Crippen LogP contribution in [0.25, 0.3) is 0 Å². The number of rotatable bonds is 4. The quantitative estimate of drug-likeness (QED) is 0.577. The van der Waals surface area contributed by atoms with E-state index in [-0.39, 0.29) is 0 Å². The van der Waals surface area contributed by atoms with Crippen molar-refractivity contribution in [2.24, 2.45) is 0 Å². The zero-order valence-corrected chi connectivity index (χ0v) is 14.3. The molecule has 0 atom stereocenters. The van der Waals surface area contributed by atoms with Crippen LogP contribution < -0.4 is 4.74 Å². The molecule has 0 aromatic heterocycles. The van der Waals surface area contributed by atoms with Crippen molar-refractivity contribution in [1.29, 1.82) is 0 Å². The van der Waals surface area contributed by atoms with Crippen LogP contribution in [0.4, 0.5) is 0 Å². The third-order valence-electron chi connectivity index (χ3n) is 3.22. The molecular formula is C17H18BrClO. The van der Waals surface area contributed by atoms with Gasteiger partial charge in [-0.25, -0.2) is 0 Å². The van der Waals surface area contributed by atoms with Gasteiger partial charge in [0, 0.05) is 10.4 Å². The van der Waals surface area contributed by atoms with Crippen molar-refractivity contribution in [3.63, 3.8) is 0 Å². The second-order valence-corrected chi connectivity index (χ2v) is 6.36. The van der Waals surface area contributed by atoms with Crippen LogP contribution in [0, 0.1) is 6.92 Å². The van der Waals surface area contributed by atoms with Gasteiger partial charge in [0.1, 0.15) is 11.5 Å². The van der Waals surface area contributed by atoms with Crippen LogP contribution >= 0.6 is 27.5 Å². The molecule has 0 saturated carbocycles. The second kappa shape index (κ2) is 6.64. The molecule has 3 heteroatoms. The van der Waals surface area contributed by atoms with E-state index >= 15 is 0 Å². The van der Waals surface area contributed by atoms with Gasteiger partial charge in [-0.2, -0.15) is 0 Å². The average Bonchev–Trinajstić information content (AvgIpc) is 2.42. The molecule has 0 amide bonds. The molecule has 2 aromatic rings. The third-order valence-corrected chi connectivity index (χ3v) is 4.02. The molecule has 0 heterocycles. The number of hydrogen-bond donors (Lipinski definition) is 0. The topological polar surface area (TPSA) is 9.23 Å². The summed E-state index contributed by atoms with van der Waals surface area (Å²) in [4.78, 5) is 0. The van der Waals surface area contributed by atoms with E-state index in [1.165, 1.54) is 5.56 Å². The third kappa shape index (κ3) is 3.56. The summed E-state index contributed by atoms with van der Waals surface area (Å²) in [6.45, 7) is 6.37.